The van der Waals surface area contributed by atoms with Gasteiger partial charge in [-0.2, -0.15) is 12.6 Å². The van der Waals surface area contributed by atoms with Gasteiger partial charge in [0.25, 0.3) is 0 Å². The highest BCUT2D eigenvalue weighted by Gasteiger charge is 2.06. The molecule has 0 aliphatic heterocycles. The highest BCUT2D eigenvalue weighted by atomic mass is 32.1. The Balaban J connectivity index is 2.33. The van der Waals surface area contributed by atoms with Gasteiger partial charge < -0.3 is 10.7 Å². The second kappa shape index (κ2) is 4.07. The van der Waals surface area contributed by atoms with Crippen LogP contribution in [0.3, 0.4) is 0 Å². The van der Waals surface area contributed by atoms with Gasteiger partial charge >= 0.3 is 0 Å². The Morgan fingerprint density at radius 2 is 2.14 bits per heavy atom. The number of H-pyrrole nitrogens is 1. The van der Waals surface area contributed by atoms with Crippen LogP contribution in [0.4, 0.5) is 0 Å². The molecule has 0 aliphatic carbocycles. The molecule has 1 heterocycles. The molecule has 0 saturated heterocycles. The van der Waals surface area contributed by atoms with Crippen molar-refractivity contribution in [1.29, 1.82) is 0 Å². The van der Waals surface area contributed by atoms with Gasteiger partial charge in [0.1, 0.15) is 0 Å². The molecule has 0 radical (unpaired) electrons. The van der Waals surface area contributed by atoms with Crippen molar-refractivity contribution < 1.29 is 0 Å². The second-order valence-electron chi connectivity index (χ2n) is 3.51. The van der Waals surface area contributed by atoms with Gasteiger partial charge in [0.15, 0.2) is 0 Å². The smallest absolute Gasteiger partial charge is 0.0456 e. The third kappa shape index (κ3) is 1.79. The van der Waals surface area contributed by atoms with Crippen LogP contribution in [0.15, 0.2) is 30.5 Å². The maximum absolute atomic E-state index is 5.86. The molecule has 0 aliphatic rings. The number of fused-ring (bicyclic) bond motifs is 1. The number of benzene rings is 1. The second-order valence-corrected chi connectivity index (χ2v) is 3.87. The van der Waals surface area contributed by atoms with Crippen LogP contribution in [0, 0.1) is 0 Å². The molecule has 1 aromatic carbocycles. The molecule has 1 aromatic heterocycles. The van der Waals surface area contributed by atoms with Gasteiger partial charge in [0.05, 0.1) is 0 Å². The molecule has 0 unspecified atom stereocenters. The van der Waals surface area contributed by atoms with E-state index in [2.05, 4.69) is 29.7 Å². The lowest BCUT2D eigenvalue weighted by atomic mass is 10.1. The Morgan fingerprint density at radius 3 is 2.93 bits per heavy atom. The Bertz CT molecular complexity index is 422. The molecule has 3 N–H and O–H groups in total. The molecule has 0 fully saturated rings. The molecule has 0 bridgehead atoms. The SMILES string of the molecule is N[C@@H](CS)Cc1c[nH]c2ccccc12. The summed E-state index contributed by atoms with van der Waals surface area (Å²) in [6, 6.07) is 8.40. The van der Waals surface area contributed by atoms with Crippen LogP contribution in [0.25, 0.3) is 10.9 Å². The van der Waals surface area contributed by atoms with Gasteiger partial charge in [-0.15, -0.1) is 0 Å². The number of hydrogen-bond donors (Lipinski definition) is 3. The van der Waals surface area contributed by atoms with Crippen LogP contribution in [0.1, 0.15) is 5.56 Å². The van der Waals surface area contributed by atoms with Gasteiger partial charge in [0.2, 0.25) is 0 Å². The van der Waals surface area contributed by atoms with Gasteiger partial charge in [-0.1, -0.05) is 18.2 Å². The van der Waals surface area contributed by atoms with E-state index in [4.69, 9.17) is 5.73 Å². The monoisotopic (exact) mass is 206 g/mol. The van der Waals surface area contributed by atoms with E-state index < -0.39 is 0 Å². The van der Waals surface area contributed by atoms with Crippen molar-refractivity contribution in [2.24, 2.45) is 5.73 Å². The summed E-state index contributed by atoms with van der Waals surface area (Å²) in [5, 5.41) is 1.27. The predicted octanol–water partition coefficient (Wildman–Crippen LogP) is 1.97. The number of nitrogens with two attached hydrogens (primary N) is 1. The minimum atomic E-state index is 0.137. The normalized spacial score (nSPS) is 13.3. The van der Waals surface area contributed by atoms with Gasteiger partial charge in [-0.25, -0.2) is 0 Å². The van der Waals surface area contributed by atoms with Crippen LogP contribution < -0.4 is 5.73 Å². The summed E-state index contributed by atoms with van der Waals surface area (Å²) in [6.07, 6.45) is 2.92. The highest BCUT2D eigenvalue weighted by Crippen LogP contribution is 2.18. The van der Waals surface area contributed by atoms with Crippen LogP contribution in [-0.2, 0) is 6.42 Å². The molecular weight excluding hydrogens is 192 g/mol. The van der Waals surface area contributed by atoms with Crippen molar-refractivity contribution >= 4 is 23.5 Å². The summed E-state index contributed by atoms with van der Waals surface area (Å²) in [5.74, 6) is 0.722. The van der Waals surface area contributed by atoms with Crippen molar-refractivity contribution in [2.45, 2.75) is 12.5 Å². The minimum absolute atomic E-state index is 0.137. The first-order chi connectivity index (χ1) is 6.81. The van der Waals surface area contributed by atoms with E-state index in [9.17, 15) is 0 Å². The van der Waals surface area contributed by atoms with Crippen LogP contribution in [0.2, 0.25) is 0 Å². The van der Waals surface area contributed by atoms with E-state index >= 15 is 0 Å². The van der Waals surface area contributed by atoms with Crippen LogP contribution in [0.5, 0.6) is 0 Å². The van der Waals surface area contributed by atoms with Crippen LogP contribution >= 0.6 is 12.6 Å². The Kier molecular flexibility index (Phi) is 2.79. The van der Waals surface area contributed by atoms with Crippen LogP contribution in [-0.4, -0.2) is 16.8 Å². The summed E-state index contributed by atoms with van der Waals surface area (Å²) < 4.78 is 0. The van der Waals surface area contributed by atoms with E-state index in [1.807, 2.05) is 18.3 Å². The van der Waals surface area contributed by atoms with Crippen molar-refractivity contribution in [2.75, 3.05) is 5.75 Å². The minimum Gasteiger partial charge on any atom is -0.361 e. The number of rotatable bonds is 3. The maximum Gasteiger partial charge on any atom is 0.0456 e. The van der Waals surface area contributed by atoms with E-state index in [-0.39, 0.29) is 6.04 Å². The third-order valence-corrected chi connectivity index (χ3v) is 2.86. The van der Waals surface area contributed by atoms with E-state index in [0.717, 1.165) is 12.2 Å². The average Bonchev–Trinajstić information content (AvgIpc) is 2.62. The first-order valence-corrected chi connectivity index (χ1v) is 5.36. The average molecular weight is 206 g/mol. The summed E-state index contributed by atoms with van der Waals surface area (Å²) in [4.78, 5) is 3.24. The number of para-hydroxylation sites is 1. The van der Waals surface area contributed by atoms with E-state index in [0.29, 0.717) is 0 Å². The predicted molar refractivity (Wildman–Crippen MR) is 63.8 cm³/mol. The summed E-state index contributed by atoms with van der Waals surface area (Å²) >= 11 is 4.19. The topological polar surface area (TPSA) is 41.8 Å². The number of aromatic amines is 1. The fourth-order valence-corrected chi connectivity index (χ4v) is 1.78. The Labute approximate surface area is 88.9 Å². The third-order valence-electron chi connectivity index (χ3n) is 2.39. The van der Waals surface area contributed by atoms with Crippen molar-refractivity contribution in [3.05, 3.63) is 36.0 Å². The fourth-order valence-electron chi connectivity index (χ4n) is 1.65. The Hall–Kier alpha value is -0.930. The molecule has 0 amide bonds. The Morgan fingerprint density at radius 1 is 1.36 bits per heavy atom. The van der Waals surface area contributed by atoms with Crippen molar-refractivity contribution in [3.63, 3.8) is 0 Å². The lowest BCUT2D eigenvalue weighted by molar-refractivity contribution is 0.754. The maximum atomic E-state index is 5.86. The lowest BCUT2D eigenvalue weighted by Gasteiger charge is -2.06. The number of thiol groups is 1. The number of nitrogens with one attached hydrogen (secondary N) is 1. The molecule has 14 heavy (non-hydrogen) atoms. The first kappa shape index (κ1) is 9.62. The molecule has 2 rings (SSSR count). The highest BCUT2D eigenvalue weighted by molar-refractivity contribution is 7.80. The molecule has 2 nitrogen and oxygen atoms in total. The molecule has 0 spiro atoms. The molecular formula is C11H14N2S. The zero-order valence-electron chi connectivity index (χ0n) is 7.90. The first-order valence-electron chi connectivity index (χ1n) is 4.72. The standard InChI is InChI=1S/C11H14N2S/c12-9(7-14)5-8-6-13-11-4-2-1-3-10(8)11/h1-4,6,9,13-14H,5,7,12H2/t9-/m1/s1. The van der Waals surface area contributed by atoms with Gasteiger partial charge in [-0.05, 0) is 18.1 Å². The number of hydrogen-bond acceptors (Lipinski definition) is 2. The molecule has 74 valence electrons. The zero-order chi connectivity index (χ0) is 9.97. The molecule has 0 saturated carbocycles. The van der Waals surface area contributed by atoms with E-state index in [1.54, 1.807) is 0 Å². The molecule has 3 heteroatoms. The van der Waals surface area contributed by atoms with Crippen molar-refractivity contribution in [3.8, 4) is 0 Å². The summed E-state index contributed by atoms with van der Waals surface area (Å²) in [7, 11) is 0. The largest absolute Gasteiger partial charge is 0.361 e. The fraction of sp³-hybridized carbons (Fsp3) is 0.273. The molecule has 1 atom stereocenters. The quantitative estimate of drug-likeness (QED) is 0.660. The summed E-state index contributed by atoms with van der Waals surface area (Å²) in [6.45, 7) is 0. The summed E-state index contributed by atoms with van der Waals surface area (Å²) in [5.41, 5.74) is 8.32. The van der Waals surface area contributed by atoms with Crippen molar-refractivity contribution in [1.82, 2.24) is 4.98 Å². The number of aromatic nitrogens is 1. The zero-order valence-corrected chi connectivity index (χ0v) is 8.80. The molecule has 2 aromatic rings. The van der Waals surface area contributed by atoms with Gasteiger partial charge in [-0.3, -0.25) is 0 Å². The lowest BCUT2D eigenvalue weighted by Crippen LogP contribution is -2.24. The van der Waals surface area contributed by atoms with E-state index in [1.165, 1.54) is 16.5 Å². The van der Waals surface area contributed by atoms with Gasteiger partial charge in [0, 0.05) is 28.9 Å².